The predicted molar refractivity (Wildman–Crippen MR) is 102 cm³/mol. The molecule has 23 heavy (non-hydrogen) atoms. The van der Waals surface area contributed by atoms with E-state index in [0.29, 0.717) is 0 Å². The normalized spacial score (nSPS) is 12.3. The van der Waals surface area contributed by atoms with E-state index in [2.05, 4.69) is 95.7 Å². The second-order valence-electron chi connectivity index (χ2n) is 5.37. The first-order valence-electron chi connectivity index (χ1n) is 7.64. The van der Waals surface area contributed by atoms with E-state index in [1.807, 2.05) is 12.1 Å². The average Bonchev–Trinajstić information content (AvgIpc) is 2.61. The fraction of sp³-hybridized carbons (Fsp3) is 0.100. The monoisotopic (exact) mass is 381 g/mol. The molecule has 0 saturated heterocycles. The maximum Gasteiger partial charge on any atom is 0.283 e. The number of hydrogen-bond donors (Lipinski definition) is 0. The van der Waals surface area contributed by atoms with Crippen molar-refractivity contribution in [1.82, 2.24) is 0 Å². The summed E-state index contributed by atoms with van der Waals surface area (Å²) in [4.78, 5) is 0. The van der Waals surface area contributed by atoms with Crippen molar-refractivity contribution >= 4 is 35.3 Å². The van der Waals surface area contributed by atoms with E-state index in [9.17, 15) is 0 Å². The van der Waals surface area contributed by atoms with Gasteiger partial charge in [-0.25, -0.2) is 0 Å². The van der Waals surface area contributed by atoms with Crippen LogP contribution in [-0.4, -0.2) is 9.04 Å². The Kier molecular flexibility index (Phi) is 5.44. The average molecular weight is 382 g/mol. The van der Waals surface area contributed by atoms with Gasteiger partial charge in [-0.3, -0.25) is 0 Å². The molecule has 3 aromatic rings. The van der Waals surface area contributed by atoms with Crippen molar-refractivity contribution in [3.05, 3.63) is 95.0 Å². The summed E-state index contributed by atoms with van der Waals surface area (Å²) in [5.74, 6) is 0. The fourth-order valence-corrected chi connectivity index (χ4v) is 4.81. The Morgan fingerprint density at radius 2 is 1.22 bits per heavy atom. The van der Waals surface area contributed by atoms with Crippen molar-refractivity contribution in [1.29, 1.82) is 0 Å². The van der Waals surface area contributed by atoms with Crippen molar-refractivity contribution in [2.75, 3.05) is 0 Å². The lowest BCUT2D eigenvalue weighted by atomic mass is 10.1. The molecule has 0 bridgehead atoms. The van der Waals surface area contributed by atoms with Crippen LogP contribution in [-0.2, 0) is 4.43 Å². The standard InChI is InChI=1S/C20H18BrOSi/c1-16(17-12-14-18(21)15-13-17)22-23(19-8-4-2-5-9-19)20-10-6-3-7-11-20/h2-16H,1H3. The molecule has 0 N–H and O–H groups in total. The van der Waals surface area contributed by atoms with E-state index in [-0.39, 0.29) is 6.10 Å². The fourth-order valence-electron chi connectivity index (χ4n) is 2.46. The molecule has 0 heterocycles. The summed E-state index contributed by atoms with van der Waals surface area (Å²) in [6.45, 7) is 2.12. The van der Waals surface area contributed by atoms with Gasteiger partial charge in [0.05, 0.1) is 6.10 Å². The Labute approximate surface area is 147 Å². The van der Waals surface area contributed by atoms with Gasteiger partial charge in [0.25, 0.3) is 9.04 Å². The highest BCUT2D eigenvalue weighted by molar-refractivity contribution is 9.10. The van der Waals surface area contributed by atoms with Crippen LogP contribution in [0.4, 0.5) is 0 Å². The summed E-state index contributed by atoms with van der Waals surface area (Å²) in [5.41, 5.74) is 1.20. The summed E-state index contributed by atoms with van der Waals surface area (Å²) >= 11 is 3.48. The second-order valence-corrected chi connectivity index (χ2v) is 8.34. The molecule has 0 aliphatic carbocycles. The summed E-state index contributed by atoms with van der Waals surface area (Å²) in [5, 5.41) is 2.54. The second kappa shape index (κ2) is 7.73. The Morgan fingerprint density at radius 3 is 1.70 bits per heavy atom. The molecule has 3 rings (SSSR count). The highest BCUT2D eigenvalue weighted by Gasteiger charge is 2.22. The first-order chi connectivity index (χ1) is 11.2. The number of benzene rings is 3. The molecule has 1 atom stereocenters. The van der Waals surface area contributed by atoms with Gasteiger partial charge in [0, 0.05) is 4.47 Å². The predicted octanol–water partition coefficient (Wildman–Crippen LogP) is 4.33. The zero-order valence-corrected chi connectivity index (χ0v) is 15.5. The maximum atomic E-state index is 6.54. The molecule has 3 aromatic carbocycles. The molecule has 0 fully saturated rings. The van der Waals surface area contributed by atoms with Gasteiger partial charge in [-0.05, 0) is 35.0 Å². The van der Waals surface area contributed by atoms with Crippen molar-refractivity contribution < 1.29 is 4.43 Å². The van der Waals surface area contributed by atoms with Crippen LogP contribution < -0.4 is 10.4 Å². The molecule has 0 saturated carbocycles. The summed E-state index contributed by atoms with van der Waals surface area (Å²) < 4.78 is 7.62. The van der Waals surface area contributed by atoms with Gasteiger partial charge in [-0.15, -0.1) is 0 Å². The largest absolute Gasteiger partial charge is 0.400 e. The Bertz CT molecular complexity index is 689. The summed E-state index contributed by atoms with van der Waals surface area (Å²) in [6.07, 6.45) is 0.0531. The van der Waals surface area contributed by atoms with Crippen molar-refractivity contribution in [2.24, 2.45) is 0 Å². The Hall–Kier alpha value is -1.68. The van der Waals surface area contributed by atoms with Crippen LogP contribution in [0.15, 0.2) is 89.4 Å². The molecule has 115 valence electrons. The molecule has 1 unspecified atom stereocenters. The lowest BCUT2D eigenvalue weighted by molar-refractivity contribution is 0.237. The minimum absolute atomic E-state index is 0.0531. The maximum absolute atomic E-state index is 6.54. The first-order valence-corrected chi connectivity index (χ1v) is 9.84. The summed E-state index contributed by atoms with van der Waals surface area (Å²) in [7, 11) is -1.27. The molecule has 1 nitrogen and oxygen atoms in total. The first kappa shape index (κ1) is 16.2. The molecular formula is C20H18BrOSi. The third-order valence-corrected chi connectivity index (χ3v) is 6.54. The highest BCUT2D eigenvalue weighted by Crippen LogP contribution is 2.20. The van der Waals surface area contributed by atoms with Gasteiger partial charge in [0.2, 0.25) is 0 Å². The molecule has 0 aliphatic heterocycles. The van der Waals surface area contributed by atoms with Crippen LogP contribution in [0, 0.1) is 0 Å². The molecule has 0 aliphatic rings. The van der Waals surface area contributed by atoms with Gasteiger partial charge in [-0.2, -0.15) is 0 Å². The van der Waals surface area contributed by atoms with Crippen LogP contribution in [0.3, 0.4) is 0 Å². The summed E-state index contributed by atoms with van der Waals surface area (Å²) in [6, 6.07) is 29.4. The van der Waals surface area contributed by atoms with Crippen LogP contribution in [0.1, 0.15) is 18.6 Å². The van der Waals surface area contributed by atoms with E-state index >= 15 is 0 Å². The molecule has 0 aromatic heterocycles. The van der Waals surface area contributed by atoms with Crippen LogP contribution in [0.2, 0.25) is 0 Å². The Balaban J connectivity index is 1.88. The quantitative estimate of drug-likeness (QED) is 0.597. The number of rotatable bonds is 5. The SMILES string of the molecule is CC(O[Si](c1ccccc1)c1ccccc1)c1ccc(Br)cc1. The van der Waals surface area contributed by atoms with E-state index in [1.165, 1.54) is 15.9 Å². The molecule has 0 spiro atoms. The van der Waals surface area contributed by atoms with Gasteiger partial charge in [0.15, 0.2) is 0 Å². The van der Waals surface area contributed by atoms with E-state index in [1.54, 1.807) is 0 Å². The molecule has 0 amide bonds. The third-order valence-electron chi connectivity index (χ3n) is 3.71. The minimum Gasteiger partial charge on any atom is -0.400 e. The van der Waals surface area contributed by atoms with E-state index < -0.39 is 9.04 Å². The zero-order valence-electron chi connectivity index (χ0n) is 12.9. The third kappa shape index (κ3) is 4.19. The van der Waals surface area contributed by atoms with Gasteiger partial charge >= 0.3 is 0 Å². The minimum atomic E-state index is -1.27. The van der Waals surface area contributed by atoms with Crippen molar-refractivity contribution in [3.63, 3.8) is 0 Å². The lowest BCUT2D eigenvalue weighted by Crippen LogP contribution is -2.45. The Morgan fingerprint density at radius 1 is 0.739 bits per heavy atom. The lowest BCUT2D eigenvalue weighted by Gasteiger charge is -2.22. The molecule has 3 heteroatoms. The highest BCUT2D eigenvalue weighted by atomic mass is 79.9. The van der Waals surface area contributed by atoms with E-state index in [0.717, 1.165) is 4.47 Å². The zero-order chi connectivity index (χ0) is 16.1. The van der Waals surface area contributed by atoms with Gasteiger partial charge < -0.3 is 4.43 Å². The van der Waals surface area contributed by atoms with Crippen LogP contribution >= 0.6 is 15.9 Å². The smallest absolute Gasteiger partial charge is 0.283 e. The molecular weight excluding hydrogens is 364 g/mol. The number of hydrogen-bond acceptors (Lipinski definition) is 1. The van der Waals surface area contributed by atoms with Gasteiger partial charge in [-0.1, -0.05) is 88.7 Å². The van der Waals surface area contributed by atoms with Gasteiger partial charge in [0.1, 0.15) is 0 Å². The molecule has 1 radical (unpaired) electrons. The number of halogens is 1. The topological polar surface area (TPSA) is 9.23 Å². The van der Waals surface area contributed by atoms with Crippen LogP contribution in [0.25, 0.3) is 0 Å². The van der Waals surface area contributed by atoms with E-state index in [4.69, 9.17) is 4.43 Å². The van der Waals surface area contributed by atoms with Crippen LogP contribution in [0.5, 0.6) is 0 Å². The van der Waals surface area contributed by atoms with Crippen molar-refractivity contribution in [2.45, 2.75) is 13.0 Å². The van der Waals surface area contributed by atoms with Crippen molar-refractivity contribution in [3.8, 4) is 0 Å².